The van der Waals surface area contributed by atoms with Crippen LogP contribution in [0.1, 0.15) is 16.8 Å². The molecule has 0 bridgehead atoms. The average Bonchev–Trinajstić information content (AvgIpc) is 2.78. The second kappa shape index (κ2) is 8.80. The lowest BCUT2D eigenvalue weighted by molar-refractivity contribution is 0.242. The zero-order valence-electron chi connectivity index (χ0n) is 16.9. The van der Waals surface area contributed by atoms with Gasteiger partial charge in [0, 0.05) is 49.6 Å². The van der Waals surface area contributed by atoms with Crippen molar-refractivity contribution in [3.63, 3.8) is 0 Å². The van der Waals surface area contributed by atoms with Crippen LogP contribution < -0.4 is 9.47 Å². The lowest BCUT2D eigenvalue weighted by atomic mass is 10.1. The van der Waals surface area contributed by atoms with Crippen LogP contribution >= 0.6 is 11.8 Å². The van der Waals surface area contributed by atoms with Gasteiger partial charge in [-0.05, 0) is 36.1 Å². The number of benzene rings is 1. The first-order valence-electron chi connectivity index (χ1n) is 9.48. The van der Waals surface area contributed by atoms with Gasteiger partial charge < -0.3 is 9.47 Å². The summed E-state index contributed by atoms with van der Waals surface area (Å²) in [5.41, 5.74) is 5.52. The highest BCUT2D eigenvalue weighted by atomic mass is 32.2. The van der Waals surface area contributed by atoms with Gasteiger partial charge in [0.05, 0.1) is 25.6 Å². The summed E-state index contributed by atoms with van der Waals surface area (Å²) < 4.78 is 10.7. The number of methoxy groups -OCH3 is 2. The SMILES string of the molecule is COc1ccc(-c2ccc(CN3CCc4nc(SC)ncc4C3)cn2)cc1OC. The van der Waals surface area contributed by atoms with Crippen LogP contribution in [0.2, 0.25) is 0 Å². The van der Waals surface area contributed by atoms with Gasteiger partial charge in [-0.2, -0.15) is 0 Å². The minimum Gasteiger partial charge on any atom is -0.493 e. The van der Waals surface area contributed by atoms with Crippen LogP contribution in [0.3, 0.4) is 0 Å². The van der Waals surface area contributed by atoms with Crippen LogP contribution in [0.5, 0.6) is 11.5 Å². The Balaban J connectivity index is 1.45. The van der Waals surface area contributed by atoms with Crippen molar-refractivity contribution in [2.24, 2.45) is 0 Å². The highest BCUT2D eigenvalue weighted by Crippen LogP contribution is 2.31. The summed E-state index contributed by atoms with van der Waals surface area (Å²) in [6.45, 7) is 2.74. The first-order valence-corrected chi connectivity index (χ1v) is 10.7. The normalized spacial score (nSPS) is 13.8. The molecule has 0 saturated heterocycles. The van der Waals surface area contributed by atoms with Crippen molar-refractivity contribution in [1.29, 1.82) is 0 Å². The zero-order valence-corrected chi connectivity index (χ0v) is 17.7. The number of thioether (sulfide) groups is 1. The predicted octanol–water partition coefficient (Wildman–Crippen LogP) is 3.84. The van der Waals surface area contributed by atoms with E-state index in [9.17, 15) is 0 Å². The first-order chi connectivity index (χ1) is 14.2. The van der Waals surface area contributed by atoms with E-state index in [1.807, 2.05) is 36.8 Å². The smallest absolute Gasteiger partial charge is 0.187 e. The molecule has 0 N–H and O–H groups in total. The van der Waals surface area contributed by atoms with E-state index in [1.165, 1.54) is 16.8 Å². The second-order valence-electron chi connectivity index (χ2n) is 6.91. The van der Waals surface area contributed by atoms with Gasteiger partial charge in [-0.15, -0.1) is 0 Å². The summed E-state index contributed by atoms with van der Waals surface area (Å²) >= 11 is 1.59. The van der Waals surface area contributed by atoms with Crippen molar-refractivity contribution in [1.82, 2.24) is 19.9 Å². The molecule has 150 valence electrons. The number of nitrogens with zero attached hydrogens (tertiary/aromatic N) is 4. The van der Waals surface area contributed by atoms with Crippen LogP contribution in [-0.4, -0.2) is 46.9 Å². The first kappa shape index (κ1) is 19.7. The van der Waals surface area contributed by atoms with E-state index >= 15 is 0 Å². The fourth-order valence-electron chi connectivity index (χ4n) is 3.53. The Morgan fingerprint density at radius 3 is 2.62 bits per heavy atom. The van der Waals surface area contributed by atoms with Gasteiger partial charge in [0.1, 0.15) is 0 Å². The number of hydrogen-bond acceptors (Lipinski definition) is 7. The topological polar surface area (TPSA) is 60.4 Å². The van der Waals surface area contributed by atoms with Crippen LogP contribution in [-0.2, 0) is 19.5 Å². The highest BCUT2D eigenvalue weighted by Gasteiger charge is 2.18. The van der Waals surface area contributed by atoms with Gasteiger partial charge in [-0.3, -0.25) is 9.88 Å². The van der Waals surface area contributed by atoms with Crippen molar-refractivity contribution in [2.45, 2.75) is 24.7 Å². The van der Waals surface area contributed by atoms with Gasteiger partial charge in [0.15, 0.2) is 16.7 Å². The van der Waals surface area contributed by atoms with Crippen molar-refractivity contribution >= 4 is 11.8 Å². The van der Waals surface area contributed by atoms with Crippen LogP contribution in [0.4, 0.5) is 0 Å². The molecule has 0 radical (unpaired) electrons. The maximum atomic E-state index is 5.39. The Morgan fingerprint density at radius 1 is 1.03 bits per heavy atom. The Labute approximate surface area is 175 Å². The van der Waals surface area contributed by atoms with E-state index in [4.69, 9.17) is 9.47 Å². The predicted molar refractivity (Wildman–Crippen MR) is 114 cm³/mol. The largest absolute Gasteiger partial charge is 0.493 e. The summed E-state index contributed by atoms with van der Waals surface area (Å²) in [7, 11) is 3.28. The fourth-order valence-corrected chi connectivity index (χ4v) is 3.89. The molecule has 1 aliphatic rings. The van der Waals surface area contributed by atoms with E-state index in [2.05, 4.69) is 32.0 Å². The third-order valence-corrected chi connectivity index (χ3v) is 5.65. The molecule has 0 atom stereocenters. The molecule has 0 spiro atoms. The number of hydrogen-bond donors (Lipinski definition) is 0. The van der Waals surface area contributed by atoms with Crippen molar-refractivity contribution < 1.29 is 9.47 Å². The summed E-state index contributed by atoms with van der Waals surface area (Å²) in [4.78, 5) is 16.1. The molecule has 2 aromatic heterocycles. The average molecular weight is 409 g/mol. The van der Waals surface area contributed by atoms with Gasteiger partial charge in [-0.25, -0.2) is 9.97 Å². The summed E-state index contributed by atoms with van der Waals surface area (Å²) in [5.74, 6) is 1.42. The van der Waals surface area contributed by atoms with Crippen molar-refractivity contribution in [2.75, 3.05) is 27.0 Å². The van der Waals surface area contributed by atoms with Crippen LogP contribution in [0.25, 0.3) is 11.3 Å². The molecule has 1 aliphatic heterocycles. The van der Waals surface area contributed by atoms with Crippen LogP contribution in [0.15, 0.2) is 47.9 Å². The van der Waals surface area contributed by atoms with Gasteiger partial charge in [-0.1, -0.05) is 17.8 Å². The number of aromatic nitrogens is 3. The summed E-state index contributed by atoms with van der Waals surface area (Å²) in [5, 5.41) is 0.854. The van der Waals surface area contributed by atoms with E-state index in [0.29, 0.717) is 11.5 Å². The molecule has 0 unspecified atom stereocenters. The van der Waals surface area contributed by atoms with Crippen molar-refractivity contribution in [3.05, 3.63) is 59.5 Å². The van der Waals surface area contributed by atoms with E-state index in [0.717, 1.165) is 42.5 Å². The molecule has 7 heteroatoms. The number of pyridine rings is 1. The molecule has 4 rings (SSSR count). The Bertz CT molecular complexity index is 995. The minimum atomic E-state index is 0.703. The van der Waals surface area contributed by atoms with E-state index in [-0.39, 0.29) is 0 Å². The number of ether oxygens (including phenoxy) is 2. The molecule has 29 heavy (non-hydrogen) atoms. The Kier molecular flexibility index (Phi) is 5.97. The van der Waals surface area contributed by atoms with Gasteiger partial charge >= 0.3 is 0 Å². The quantitative estimate of drug-likeness (QED) is 0.454. The summed E-state index contributed by atoms with van der Waals surface area (Å²) in [6, 6.07) is 10.0. The third kappa shape index (κ3) is 4.36. The lowest BCUT2D eigenvalue weighted by Crippen LogP contribution is -2.31. The summed E-state index contributed by atoms with van der Waals surface area (Å²) in [6.07, 6.45) is 6.89. The van der Waals surface area contributed by atoms with E-state index in [1.54, 1.807) is 26.0 Å². The molecular formula is C22H24N4O2S. The maximum absolute atomic E-state index is 5.39. The number of fused-ring (bicyclic) bond motifs is 1. The van der Waals surface area contributed by atoms with E-state index < -0.39 is 0 Å². The van der Waals surface area contributed by atoms with Crippen LogP contribution in [0, 0.1) is 0 Å². The molecule has 1 aromatic carbocycles. The molecule has 0 aliphatic carbocycles. The molecule has 3 aromatic rings. The third-order valence-electron chi connectivity index (χ3n) is 5.08. The van der Waals surface area contributed by atoms with Gasteiger partial charge in [0.25, 0.3) is 0 Å². The standard InChI is InChI=1S/C22H24N4O2S/c1-27-20-7-5-16(10-21(20)28-2)18-6-4-15(11-23-18)13-26-9-8-19-17(14-26)12-24-22(25-19)29-3/h4-7,10-12H,8-9,13-14H2,1-3H3. The molecule has 0 amide bonds. The number of rotatable bonds is 6. The second-order valence-corrected chi connectivity index (χ2v) is 7.68. The maximum Gasteiger partial charge on any atom is 0.187 e. The Morgan fingerprint density at radius 2 is 1.90 bits per heavy atom. The molecule has 6 nitrogen and oxygen atoms in total. The molecule has 0 fully saturated rings. The minimum absolute atomic E-state index is 0.703. The molecule has 3 heterocycles. The zero-order chi connectivity index (χ0) is 20.2. The highest BCUT2D eigenvalue weighted by molar-refractivity contribution is 7.98. The monoisotopic (exact) mass is 408 g/mol. The van der Waals surface area contributed by atoms with Crippen molar-refractivity contribution in [3.8, 4) is 22.8 Å². The lowest BCUT2D eigenvalue weighted by Gasteiger charge is -2.27. The molecule has 0 saturated carbocycles. The van der Waals surface area contributed by atoms with Gasteiger partial charge in [0.2, 0.25) is 0 Å². The fraction of sp³-hybridized carbons (Fsp3) is 0.318. The Hall–Kier alpha value is -2.64. The molecular weight excluding hydrogens is 384 g/mol.